The molecule has 0 bridgehead atoms. The molecular weight excluding hydrogens is 264 g/mol. The lowest BCUT2D eigenvalue weighted by Gasteiger charge is -2.14. The van der Waals surface area contributed by atoms with Crippen LogP contribution >= 0.6 is 0 Å². The molecule has 0 aliphatic carbocycles. The van der Waals surface area contributed by atoms with Crippen molar-refractivity contribution in [3.05, 3.63) is 64.7 Å². The number of hydrogen-bond acceptors (Lipinski definition) is 3. The molecule has 0 spiro atoms. The van der Waals surface area contributed by atoms with Gasteiger partial charge < -0.3 is 5.73 Å². The van der Waals surface area contributed by atoms with Gasteiger partial charge in [-0.05, 0) is 35.7 Å². The van der Waals surface area contributed by atoms with Gasteiger partial charge in [0.25, 0.3) is 11.8 Å². The van der Waals surface area contributed by atoms with Crippen LogP contribution < -0.4 is 5.73 Å². The molecule has 3 rings (SSSR count). The van der Waals surface area contributed by atoms with E-state index in [9.17, 15) is 9.59 Å². The van der Waals surface area contributed by atoms with Gasteiger partial charge in [0.2, 0.25) is 0 Å². The minimum Gasteiger partial charge on any atom is -0.399 e. The predicted octanol–water partition coefficient (Wildman–Crippen LogP) is 2.63. The van der Waals surface area contributed by atoms with Gasteiger partial charge in [-0.3, -0.25) is 14.5 Å². The zero-order valence-electron chi connectivity index (χ0n) is 11.8. The minimum atomic E-state index is -0.276. The van der Waals surface area contributed by atoms with E-state index in [0.717, 1.165) is 12.0 Å². The van der Waals surface area contributed by atoms with Crippen LogP contribution in [0, 0.1) is 0 Å². The van der Waals surface area contributed by atoms with Crippen molar-refractivity contribution in [2.45, 2.75) is 19.9 Å². The fourth-order valence-electron chi connectivity index (χ4n) is 2.51. The molecule has 1 aliphatic rings. The number of nitrogens with two attached hydrogens (primary N) is 1. The highest BCUT2D eigenvalue weighted by molar-refractivity contribution is 6.21. The third-order valence-corrected chi connectivity index (χ3v) is 3.77. The molecule has 4 nitrogen and oxygen atoms in total. The van der Waals surface area contributed by atoms with Crippen LogP contribution in [0.25, 0.3) is 0 Å². The number of imide groups is 1. The van der Waals surface area contributed by atoms with Crippen molar-refractivity contribution >= 4 is 17.5 Å². The van der Waals surface area contributed by atoms with Crippen molar-refractivity contribution in [1.82, 2.24) is 4.90 Å². The van der Waals surface area contributed by atoms with Crippen LogP contribution in [0.15, 0.2) is 42.5 Å². The second-order valence-electron chi connectivity index (χ2n) is 5.17. The average Bonchev–Trinajstić information content (AvgIpc) is 2.73. The SMILES string of the molecule is CCc1ccc(CN2C(=O)c3ccc(N)cc3C2=O)cc1. The lowest BCUT2D eigenvalue weighted by molar-refractivity contribution is 0.0642. The molecule has 106 valence electrons. The molecule has 0 radical (unpaired) electrons. The van der Waals surface area contributed by atoms with Crippen molar-refractivity contribution in [1.29, 1.82) is 0 Å². The lowest BCUT2D eigenvalue weighted by Crippen LogP contribution is -2.29. The van der Waals surface area contributed by atoms with Crippen LogP contribution in [0.5, 0.6) is 0 Å². The van der Waals surface area contributed by atoms with Crippen LogP contribution in [0.2, 0.25) is 0 Å². The fraction of sp³-hybridized carbons (Fsp3) is 0.176. The van der Waals surface area contributed by atoms with Gasteiger partial charge in [-0.1, -0.05) is 31.2 Å². The summed E-state index contributed by atoms with van der Waals surface area (Å²) in [6.45, 7) is 2.37. The summed E-state index contributed by atoms with van der Waals surface area (Å²) in [4.78, 5) is 25.9. The molecule has 0 fully saturated rings. The Morgan fingerprint density at radius 1 is 0.905 bits per heavy atom. The van der Waals surface area contributed by atoms with Crippen LogP contribution in [0.4, 0.5) is 5.69 Å². The number of rotatable bonds is 3. The number of fused-ring (bicyclic) bond motifs is 1. The van der Waals surface area contributed by atoms with E-state index in [4.69, 9.17) is 5.73 Å². The molecule has 0 atom stereocenters. The Kier molecular flexibility index (Phi) is 3.22. The van der Waals surface area contributed by atoms with Gasteiger partial charge in [0.1, 0.15) is 0 Å². The van der Waals surface area contributed by atoms with Crippen LogP contribution in [-0.2, 0) is 13.0 Å². The summed E-state index contributed by atoms with van der Waals surface area (Å²) in [7, 11) is 0. The van der Waals surface area contributed by atoms with Gasteiger partial charge in [0.05, 0.1) is 17.7 Å². The van der Waals surface area contributed by atoms with Crippen molar-refractivity contribution in [2.75, 3.05) is 5.73 Å². The van der Waals surface area contributed by atoms with Gasteiger partial charge in [-0.2, -0.15) is 0 Å². The first kappa shape index (κ1) is 13.4. The van der Waals surface area contributed by atoms with E-state index < -0.39 is 0 Å². The number of amides is 2. The highest BCUT2D eigenvalue weighted by Gasteiger charge is 2.35. The first-order valence-electron chi connectivity index (χ1n) is 6.93. The Bertz CT molecular complexity index is 720. The van der Waals surface area contributed by atoms with Crippen molar-refractivity contribution in [3.63, 3.8) is 0 Å². The quantitative estimate of drug-likeness (QED) is 0.694. The summed E-state index contributed by atoms with van der Waals surface area (Å²) in [6, 6.07) is 12.8. The first-order chi connectivity index (χ1) is 10.1. The molecule has 2 aromatic carbocycles. The first-order valence-corrected chi connectivity index (χ1v) is 6.93. The summed E-state index contributed by atoms with van der Waals surface area (Å²) >= 11 is 0. The van der Waals surface area contributed by atoms with Gasteiger partial charge >= 0.3 is 0 Å². The number of nitrogens with zero attached hydrogens (tertiary/aromatic N) is 1. The van der Waals surface area contributed by atoms with Crippen molar-refractivity contribution in [2.24, 2.45) is 0 Å². The van der Waals surface area contributed by atoms with Crippen LogP contribution in [-0.4, -0.2) is 16.7 Å². The number of carbonyl (C=O) groups excluding carboxylic acids is 2. The Morgan fingerprint density at radius 2 is 1.52 bits per heavy atom. The molecule has 0 saturated carbocycles. The van der Waals surface area contributed by atoms with E-state index in [2.05, 4.69) is 6.92 Å². The second kappa shape index (κ2) is 5.05. The monoisotopic (exact) mass is 280 g/mol. The van der Waals surface area contributed by atoms with E-state index in [0.29, 0.717) is 16.8 Å². The molecule has 2 N–H and O–H groups in total. The maximum absolute atomic E-state index is 12.3. The maximum Gasteiger partial charge on any atom is 0.261 e. The van der Waals surface area contributed by atoms with Crippen molar-refractivity contribution in [3.8, 4) is 0 Å². The number of anilines is 1. The summed E-state index contributed by atoms with van der Waals surface area (Å²) in [6.07, 6.45) is 0.965. The molecule has 0 aromatic heterocycles. The summed E-state index contributed by atoms with van der Waals surface area (Å²) in [5, 5.41) is 0. The van der Waals surface area contributed by atoms with Gasteiger partial charge in [-0.25, -0.2) is 0 Å². The maximum atomic E-state index is 12.3. The van der Waals surface area contributed by atoms with E-state index in [1.54, 1.807) is 18.2 Å². The average molecular weight is 280 g/mol. The highest BCUT2D eigenvalue weighted by atomic mass is 16.2. The minimum absolute atomic E-state index is 0.255. The zero-order chi connectivity index (χ0) is 15.0. The number of aryl methyl sites for hydroxylation is 1. The molecule has 21 heavy (non-hydrogen) atoms. The van der Waals surface area contributed by atoms with Gasteiger partial charge in [-0.15, -0.1) is 0 Å². The van der Waals surface area contributed by atoms with Crippen LogP contribution in [0.1, 0.15) is 38.8 Å². The Morgan fingerprint density at radius 3 is 2.19 bits per heavy atom. The molecule has 1 aliphatic heterocycles. The number of hydrogen-bond donors (Lipinski definition) is 1. The Hall–Kier alpha value is -2.62. The van der Waals surface area contributed by atoms with Crippen LogP contribution in [0.3, 0.4) is 0 Å². The molecule has 1 heterocycles. The van der Waals surface area contributed by atoms with Gasteiger partial charge in [0.15, 0.2) is 0 Å². The number of benzene rings is 2. The summed E-state index contributed by atoms with van der Waals surface area (Å²) in [5.41, 5.74) is 9.17. The summed E-state index contributed by atoms with van der Waals surface area (Å²) < 4.78 is 0. The molecule has 2 amide bonds. The Labute approximate surface area is 123 Å². The Balaban J connectivity index is 1.87. The highest BCUT2D eigenvalue weighted by Crippen LogP contribution is 2.26. The van der Waals surface area contributed by atoms with Crippen molar-refractivity contribution < 1.29 is 9.59 Å². The lowest BCUT2D eigenvalue weighted by atomic mass is 10.1. The molecule has 0 unspecified atom stereocenters. The number of nitrogen functional groups attached to an aromatic ring is 1. The molecule has 2 aromatic rings. The van der Waals surface area contributed by atoms with E-state index in [1.165, 1.54) is 10.5 Å². The molecule has 0 saturated heterocycles. The third kappa shape index (κ3) is 2.29. The topological polar surface area (TPSA) is 63.4 Å². The van der Waals surface area contributed by atoms with E-state index in [1.807, 2.05) is 24.3 Å². The van der Waals surface area contributed by atoms with E-state index in [-0.39, 0.29) is 18.4 Å². The summed E-state index contributed by atoms with van der Waals surface area (Å²) in [5.74, 6) is -0.531. The fourth-order valence-corrected chi connectivity index (χ4v) is 2.51. The number of carbonyl (C=O) groups is 2. The second-order valence-corrected chi connectivity index (χ2v) is 5.17. The largest absolute Gasteiger partial charge is 0.399 e. The molecule has 4 heteroatoms. The molecular formula is C17H16N2O2. The van der Waals surface area contributed by atoms with E-state index >= 15 is 0 Å². The standard InChI is InChI=1S/C17H16N2O2/c1-2-11-3-5-12(6-4-11)10-19-16(20)14-8-7-13(18)9-15(14)17(19)21/h3-9H,2,10,18H2,1H3. The predicted molar refractivity (Wildman–Crippen MR) is 80.9 cm³/mol. The normalized spacial score (nSPS) is 13.7. The van der Waals surface area contributed by atoms with Gasteiger partial charge in [0, 0.05) is 5.69 Å². The zero-order valence-corrected chi connectivity index (χ0v) is 11.8. The smallest absolute Gasteiger partial charge is 0.261 e. The third-order valence-electron chi connectivity index (χ3n) is 3.77.